The van der Waals surface area contributed by atoms with E-state index in [1.165, 1.54) is 114 Å². The zero-order valence-electron chi connectivity index (χ0n) is 41.1. The summed E-state index contributed by atoms with van der Waals surface area (Å²) in [6, 6.07) is 69.6. The molecule has 0 amide bonds. The van der Waals surface area contributed by atoms with Gasteiger partial charge in [-0.2, -0.15) is 0 Å². The highest BCUT2D eigenvalue weighted by atomic mass is 15.3. The fourth-order valence-corrected chi connectivity index (χ4v) is 12.6. The lowest BCUT2D eigenvalue weighted by Gasteiger charge is -2.51. The second kappa shape index (κ2) is 15.4. The lowest BCUT2D eigenvalue weighted by Crippen LogP contribution is -2.61. The molecular formula is C64H62BN3. The van der Waals surface area contributed by atoms with Crippen LogP contribution >= 0.6 is 0 Å². The number of nitrogens with zero attached hydrogens (tertiary/aromatic N) is 3. The first-order chi connectivity index (χ1) is 32.7. The first-order valence-corrected chi connectivity index (χ1v) is 25.0. The van der Waals surface area contributed by atoms with E-state index in [0.717, 1.165) is 12.1 Å². The minimum Gasteiger partial charge on any atom is -0.334 e. The van der Waals surface area contributed by atoms with E-state index in [0.29, 0.717) is 0 Å². The van der Waals surface area contributed by atoms with Crippen LogP contribution in [0.1, 0.15) is 97.8 Å². The maximum atomic E-state index is 2.78. The molecule has 336 valence electrons. The Balaban J connectivity index is 1.20. The third kappa shape index (κ3) is 6.47. The summed E-state index contributed by atoms with van der Waals surface area (Å²) in [6.07, 6.45) is 4.80. The van der Waals surface area contributed by atoms with Crippen molar-refractivity contribution >= 4 is 68.6 Å². The van der Waals surface area contributed by atoms with Crippen molar-refractivity contribution in [2.45, 2.75) is 103 Å². The first-order valence-electron chi connectivity index (χ1n) is 25.0. The van der Waals surface area contributed by atoms with Gasteiger partial charge in [0.1, 0.15) is 0 Å². The van der Waals surface area contributed by atoms with E-state index in [-0.39, 0.29) is 28.5 Å². The molecule has 12 rings (SSSR count). The highest BCUT2D eigenvalue weighted by Gasteiger charge is 2.58. The molecule has 8 aromatic carbocycles. The Bertz CT molecular complexity index is 3250. The Morgan fingerprint density at radius 2 is 1.00 bits per heavy atom. The van der Waals surface area contributed by atoms with Crippen LogP contribution in [0.15, 0.2) is 182 Å². The zero-order chi connectivity index (χ0) is 46.7. The topological polar surface area (TPSA) is 9.72 Å². The predicted octanol–water partition coefficient (Wildman–Crippen LogP) is 15.4. The van der Waals surface area contributed by atoms with Gasteiger partial charge in [-0.1, -0.05) is 189 Å². The molecule has 0 aromatic heterocycles. The molecule has 2 unspecified atom stereocenters. The van der Waals surface area contributed by atoms with Gasteiger partial charge in [0.05, 0.1) is 5.54 Å². The highest BCUT2D eigenvalue weighted by Crippen LogP contribution is 2.61. The largest absolute Gasteiger partial charge is 0.334 e. The van der Waals surface area contributed by atoms with E-state index < -0.39 is 0 Å². The van der Waals surface area contributed by atoms with Gasteiger partial charge in [0, 0.05) is 50.9 Å². The molecule has 3 aliphatic heterocycles. The predicted molar refractivity (Wildman–Crippen MR) is 292 cm³/mol. The van der Waals surface area contributed by atoms with E-state index in [1.54, 1.807) is 0 Å². The van der Waals surface area contributed by atoms with Crippen molar-refractivity contribution in [3.8, 4) is 22.3 Å². The molecule has 8 aromatic rings. The number of para-hydroxylation sites is 1. The Hall–Kier alpha value is -6.78. The Morgan fingerprint density at radius 1 is 0.412 bits per heavy atom. The maximum absolute atomic E-state index is 2.78. The van der Waals surface area contributed by atoms with Crippen LogP contribution in [0.3, 0.4) is 0 Å². The van der Waals surface area contributed by atoms with Crippen LogP contribution in [-0.4, -0.2) is 12.3 Å². The molecule has 0 saturated heterocycles. The van der Waals surface area contributed by atoms with Gasteiger partial charge in [-0.3, -0.25) is 0 Å². The lowest BCUT2D eigenvalue weighted by atomic mass is 9.33. The lowest BCUT2D eigenvalue weighted by molar-refractivity contribution is 0.195. The minimum atomic E-state index is -0.114. The molecule has 0 bridgehead atoms. The third-order valence-electron chi connectivity index (χ3n) is 16.5. The summed E-state index contributed by atoms with van der Waals surface area (Å²) in [5.41, 5.74) is 22.8. The quantitative estimate of drug-likeness (QED) is 0.159. The van der Waals surface area contributed by atoms with E-state index >= 15 is 0 Å². The Kier molecular flexibility index (Phi) is 9.62. The van der Waals surface area contributed by atoms with Gasteiger partial charge in [-0.05, 0) is 141 Å². The average Bonchev–Trinajstić information content (AvgIpc) is 3.56. The average molecular weight is 884 g/mol. The van der Waals surface area contributed by atoms with Crippen molar-refractivity contribution in [2.75, 3.05) is 14.7 Å². The van der Waals surface area contributed by atoms with Crippen LogP contribution in [0.4, 0.5) is 45.5 Å². The molecule has 3 nitrogen and oxygen atoms in total. The van der Waals surface area contributed by atoms with Crippen molar-refractivity contribution in [1.29, 1.82) is 0 Å². The number of fused-ring (bicyclic) bond motifs is 7. The van der Waals surface area contributed by atoms with Crippen molar-refractivity contribution < 1.29 is 0 Å². The summed E-state index contributed by atoms with van der Waals surface area (Å²) >= 11 is 0. The maximum Gasteiger partial charge on any atom is 0.252 e. The fraction of sp³-hybridized carbons (Fsp3) is 0.250. The zero-order valence-corrected chi connectivity index (χ0v) is 41.1. The second-order valence-corrected chi connectivity index (χ2v) is 22.5. The summed E-state index contributed by atoms with van der Waals surface area (Å²) < 4.78 is 0. The van der Waals surface area contributed by atoms with Gasteiger partial charge in [0.2, 0.25) is 0 Å². The molecule has 1 saturated carbocycles. The monoisotopic (exact) mass is 884 g/mol. The minimum absolute atomic E-state index is 0.0137. The Morgan fingerprint density at radius 3 is 1.69 bits per heavy atom. The molecule has 3 heterocycles. The smallest absolute Gasteiger partial charge is 0.252 e. The van der Waals surface area contributed by atoms with E-state index in [2.05, 4.69) is 252 Å². The summed E-state index contributed by atoms with van der Waals surface area (Å²) in [5, 5.41) is 0. The van der Waals surface area contributed by atoms with Crippen LogP contribution in [0, 0.1) is 0 Å². The molecule has 1 aliphatic carbocycles. The third-order valence-corrected chi connectivity index (χ3v) is 16.5. The van der Waals surface area contributed by atoms with Crippen LogP contribution in [0.5, 0.6) is 0 Å². The van der Waals surface area contributed by atoms with Crippen LogP contribution in [0.2, 0.25) is 0 Å². The first kappa shape index (κ1) is 42.6. The summed E-state index contributed by atoms with van der Waals surface area (Å²) in [5.74, 6) is 0. The van der Waals surface area contributed by atoms with Crippen molar-refractivity contribution in [1.82, 2.24) is 0 Å². The number of rotatable bonds is 5. The molecule has 4 heteroatoms. The van der Waals surface area contributed by atoms with Crippen molar-refractivity contribution in [3.63, 3.8) is 0 Å². The number of hydrogen-bond acceptors (Lipinski definition) is 3. The number of hydrogen-bond donors (Lipinski definition) is 0. The summed E-state index contributed by atoms with van der Waals surface area (Å²) in [7, 11) is 0. The molecule has 2 atom stereocenters. The van der Waals surface area contributed by atoms with E-state index in [9.17, 15) is 0 Å². The van der Waals surface area contributed by atoms with Gasteiger partial charge < -0.3 is 14.7 Å². The molecule has 0 spiro atoms. The van der Waals surface area contributed by atoms with Crippen molar-refractivity contribution in [3.05, 3.63) is 199 Å². The molecular weight excluding hydrogens is 822 g/mol. The SMILES string of the molecule is CC(C)(C)c1cccc(N2c3cc(C(C)(C)C)ccc3B3c4cc(-c5ccccc5)ccc4N(c4ccc(-c5ccccc5)cc4)c4cc(N5c6ccccc6C6(C)CCCCC56C)cc2c43)c1. The molecule has 4 aliphatic rings. The summed E-state index contributed by atoms with van der Waals surface area (Å²) in [4.78, 5) is 8.02. The van der Waals surface area contributed by atoms with Crippen LogP contribution < -0.4 is 31.1 Å². The standard InChI is InChI=1S/C64H62BN3/c1-61(2,3)47-24-19-25-50(39-47)67-57-40-48(62(4,5)6)31-34-53(57)65-54-38-46(44-22-13-10-14-23-44)30-35-56(54)66(49-32-28-45(29-33-49)43-20-11-9-12-21-43)58-41-51(42-59(67)60(58)65)68-55-27-16-15-26-52(55)63(7)36-17-18-37-64(63,68)8/h9-16,19-35,38-42H,17-18,36-37H2,1-8H3. The molecule has 68 heavy (non-hydrogen) atoms. The fourth-order valence-electron chi connectivity index (χ4n) is 12.6. The molecule has 0 radical (unpaired) electrons. The van der Waals surface area contributed by atoms with Crippen molar-refractivity contribution in [2.24, 2.45) is 0 Å². The number of anilines is 8. The van der Waals surface area contributed by atoms with Crippen LogP contribution in [0.25, 0.3) is 22.3 Å². The van der Waals surface area contributed by atoms with Gasteiger partial charge >= 0.3 is 0 Å². The molecule has 0 N–H and O–H groups in total. The van der Waals surface area contributed by atoms with Gasteiger partial charge in [-0.25, -0.2) is 0 Å². The summed E-state index contributed by atoms with van der Waals surface area (Å²) in [6.45, 7) is 19.2. The van der Waals surface area contributed by atoms with Gasteiger partial charge in [-0.15, -0.1) is 0 Å². The number of benzene rings is 8. The second-order valence-electron chi connectivity index (χ2n) is 22.5. The van der Waals surface area contributed by atoms with E-state index in [4.69, 9.17) is 0 Å². The van der Waals surface area contributed by atoms with Gasteiger partial charge in [0.15, 0.2) is 0 Å². The Labute approximate surface area is 405 Å². The van der Waals surface area contributed by atoms with Gasteiger partial charge in [0.25, 0.3) is 6.71 Å². The molecule has 1 fully saturated rings. The normalized spacial score (nSPS) is 19.2. The highest BCUT2D eigenvalue weighted by molar-refractivity contribution is 7.00. The van der Waals surface area contributed by atoms with Crippen LogP contribution in [-0.2, 0) is 16.2 Å². The van der Waals surface area contributed by atoms with E-state index in [1.807, 2.05) is 0 Å².